The fraction of sp³-hybridized carbons (Fsp3) is 0.750. The maximum absolute atomic E-state index is 9.54. The number of ether oxygens (including phenoxy) is 1. The van der Waals surface area contributed by atoms with Gasteiger partial charge in [-0.25, -0.2) is 0 Å². The minimum Gasteiger partial charge on any atom is -0.508 e. The molecule has 2 heteroatoms. The third-order valence-corrected chi connectivity index (χ3v) is 5.91. The first-order valence-corrected chi connectivity index (χ1v) is 10.4. The molecule has 0 spiro atoms. The molecule has 0 saturated heterocycles. The van der Waals surface area contributed by atoms with E-state index in [0.29, 0.717) is 11.8 Å². The van der Waals surface area contributed by atoms with Crippen LogP contribution in [0, 0.1) is 22.7 Å². The van der Waals surface area contributed by atoms with Crippen molar-refractivity contribution in [3.05, 3.63) is 24.3 Å². The van der Waals surface area contributed by atoms with Crippen molar-refractivity contribution < 1.29 is 9.84 Å². The number of benzene rings is 1. The van der Waals surface area contributed by atoms with E-state index in [1.54, 1.807) is 12.1 Å². The minimum atomic E-state index is 0.204. The fourth-order valence-corrected chi connectivity index (χ4v) is 3.33. The van der Waals surface area contributed by atoms with Crippen LogP contribution in [0.4, 0.5) is 0 Å². The Kier molecular flexibility index (Phi) is 8.50. The Hall–Kier alpha value is -1.18. The predicted molar refractivity (Wildman–Crippen MR) is 113 cm³/mol. The highest BCUT2D eigenvalue weighted by Gasteiger charge is 2.31. The van der Waals surface area contributed by atoms with E-state index in [2.05, 4.69) is 55.4 Å². The van der Waals surface area contributed by atoms with Crippen molar-refractivity contribution in [2.75, 3.05) is 0 Å². The highest BCUT2D eigenvalue weighted by atomic mass is 16.5. The third kappa shape index (κ3) is 8.01. The van der Waals surface area contributed by atoms with Crippen LogP contribution in [-0.2, 0) is 0 Å². The number of aromatic hydroxyl groups is 1. The second-order valence-electron chi connectivity index (χ2n) is 10.2. The molecule has 1 rings (SSSR count). The molecular formula is C24H42O2. The zero-order valence-corrected chi connectivity index (χ0v) is 18.4. The molecule has 0 heterocycles. The van der Waals surface area contributed by atoms with E-state index >= 15 is 0 Å². The summed E-state index contributed by atoms with van der Waals surface area (Å²) in [6.45, 7) is 18.6. The summed E-state index contributed by atoms with van der Waals surface area (Å²) in [6.07, 6.45) is 6.14. The van der Waals surface area contributed by atoms with Gasteiger partial charge in [0.25, 0.3) is 0 Å². The summed E-state index contributed by atoms with van der Waals surface area (Å²) in [5.41, 5.74) is 0.563. The van der Waals surface area contributed by atoms with Crippen molar-refractivity contribution in [1.29, 1.82) is 0 Å². The van der Waals surface area contributed by atoms with Gasteiger partial charge in [0.15, 0.2) is 0 Å². The predicted octanol–water partition coefficient (Wildman–Crippen LogP) is 7.45. The van der Waals surface area contributed by atoms with Crippen LogP contribution in [0.15, 0.2) is 24.3 Å². The molecule has 0 aromatic heterocycles. The van der Waals surface area contributed by atoms with Crippen molar-refractivity contribution in [3.63, 3.8) is 0 Å². The van der Waals surface area contributed by atoms with Gasteiger partial charge < -0.3 is 9.84 Å². The van der Waals surface area contributed by atoms with Crippen LogP contribution in [0.2, 0.25) is 0 Å². The molecule has 0 aliphatic carbocycles. The summed E-state index contributed by atoms with van der Waals surface area (Å²) in [5, 5.41) is 9.54. The zero-order chi connectivity index (χ0) is 20.0. The molecule has 1 N–H and O–H groups in total. The molecule has 150 valence electrons. The van der Waals surface area contributed by atoms with Crippen molar-refractivity contribution in [2.24, 2.45) is 22.7 Å². The Balaban J connectivity index is 2.95. The zero-order valence-electron chi connectivity index (χ0n) is 18.4. The number of hydrogen-bond donors (Lipinski definition) is 1. The van der Waals surface area contributed by atoms with Gasteiger partial charge in [-0.3, -0.25) is 0 Å². The molecule has 3 atom stereocenters. The molecule has 0 amide bonds. The van der Waals surface area contributed by atoms with Gasteiger partial charge in [-0.15, -0.1) is 0 Å². The summed E-state index contributed by atoms with van der Waals surface area (Å²) >= 11 is 0. The van der Waals surface area contributed by atoms with Gasteiger partial charge in [0.05, 0.1) is 6.10 Å². The number of phenolic OH excluding ortho intramolecular Hbond substituents is 1. The molecule has 1 aromatic carbocycles. The van der Waals surface area contributed by atoms with Crippen LogP contribution >= 0.6 is 0 Å². The summed E-state index contributed by atoms with van der Waals surface area (Å²) < 4.78 is 6.43. The summed E-state index contributed by atoms with van der Waals surface area (Å²) in [4.78, 5) is 0. The monoisotopic (exact) mass is 362 g/mol. The third-order valence-electron chi connectivity index (χ3n) is 5.91. The molecule has 3 unspecified atom stereocenters. The quantitative estimate of drug-likeness (QED) is 0.494. The molecule has 0 fully saturated rings. The molecular weight excluding hydrogens is 320 g/mol. The lowest BCUT2D eigenvalue weighted by atomic mass is 9.72. The SMILES string of the molecule is CCCCC(CC(CC(C)C(C)(C)C)Oc1ccc(O)cc1)C(C)(C)C. The standard InChI is InChI=1S/C24H42O2/c1-9-10-11-19(24(6,7)8)17-22(16-18(2)23(3,4)5)26-21-14-12-20(25)13-15-21/h12-15,18-19,22,25H,9-11,16-17H2,1-8H3. The van der Waals surface area contributed by atoms with Gasteiger partial charge in [-0.2, -0.15) is 0 Å². The number of phenols is 1. The Morgan fingerprint density at radius 3 is 1.96 bits per heavy atom. The maximum Gasteiger partial charge on any atom is 0.119 e. The van der Waals surface area contributed by atoms with E-state index in [4.69, 9.17) is 4.74 Å². The number of hydrogen-bond acceptors (Lipinski definition) is 2. The van der Waals surface area contributed by atoms with Gasteiger partial charge >= 0.3 is 0 Å². The van der Waals surface area contributed by atoms with Gasteiger partial charge in [0, 0.05) is 0 Å². The van der Waals surface area contributed by atoms with Gasteiger partial charge in [0.2, 0.25) is 0 Å². The lowest BCUT2D eigenvalue weighted by molar-refractivity contribution is 0.0779. The van der Waals surface area contributed by atoms with Gasteiger partial charge in [-0.1, -0.05) is 68.2 Å². The van der Waals surface area contributed by atoms with E-state index < -0.39 is 0 Å². The first-order valence-electron chi connectivity index (χ1n) is 10.4. The molecule has 0 radical (unpaired) electrons. The van der Waals surface area contributed by atoms with Gasteiger partial charge in [-0.05, 0) is 66.2 Å². The van der Waals surface area contributed by atoms with Crippen LogP contribution in [0.1, 0.15) is 87.5 Å². The highest BCUT2D eigenvalue weighted by Crippen LogP contribution is 2.38. The average Bonchev–Trinajstić information content (AvgIpc) is 2.51. The largest absolute Gasteiger partial charge is 0.508 e. The second-order valence-corrected chi connectivity index (χ2v) is 10.2. The first-order chi connectivity index (χ1) is 11.9. The van der Waals surface area contributed by atoms with Crippen molar-refractivity contribution in [1.82, 2.24) is 0 Å². The van der Waals surface area contributed by atoms with Crippen LogP contribution < -0.4 is 4.74 Å². The summed E-state index contributed by atoms with van der Waals surface area (Å²) in [6, 6.07) is 7.17. The Bertz CT molecular complexity index is 504. The number of rotatable bonds is 9. The van der Waals surface area contributed by atoms with Crippen LogP contribution in [0.3, 0.4) is 0 Å². The van der Waals surface area contributed by atoms with Gasteiger partial charge in [0.1, 0.15) is 11.5 Å². The molecule has 0 aliphatic rings. The van der Waals surface area contributed by atoms with E-state index in [9.17, 15) is 5.11 Å². The Morgan fingerprint density at radius 1 is 0.923 bits per heavy atom. The fourth-order valence-electron chi connectivity index (χ4n) is 3.33. The summed E-state index contributed by atoms with van der Waals surface area (Å²) in [5.74, 6) is 2.37. The van der Waals surface area contributed by atoms with Crippen LogP contribution in [0.5, 0.6) is 11.5 Å². The van der Waals surface area contributed by atoms with Crippen molar-refractivity contribution in [3.8, 4) is 11.5 Å². The van der Waals surface area contributed by atoms with Crippen molar-refractivity contribution in [2.45, 2.75) is 93.6 Å². The lowest BCUT2D eigenvalue weighted by Gasteiger charge is -2.36. The van der Waals surface area contributed by atoms with E-state index in [-0.39, 0.29) is 22.7 Å². The molecule has 26 heavy (non-hydrogen) atoms. The number of unbranched alkanes of at least 4 members (excludes halogenated alkanes) is 1. The molecule has 0 bridgehead atoms. The first kappa shape index (κ1) is 22.9. The Labute approximate surface area is 162 Å². The lowest BCUT2D eigenvalue weighted by Crippen LogP contribution is -2.32. The smallest absolute Gasteiger partial charge is 0.119 e. The average molecular weight is 363 g/mol. The second kappa shape index (κ2) is 9.67. The van der Waals surface area contributed by atoms with E-state index in [1.807, 2.05) is 12.1 Å². The normalized spacial score (nSPS) is 16.2. The molecule has 2 nitrogen and oxygen atoms in total. The van der Waals surface area contributed by atoms with E-state index in [1.165, 1.54) is 19.3 Å². The van der Waals surface area contributed by atoms with E-state index in [0.717, 1.165) is 18.6 Å². The van der Waals surface area contributed by atoms with Crippen molar-refractivity contribution >= 4 is 0 Å². The van der Waals surface area contributed by atoms with Crippen LogP contribution in [-0.4, -0.2) is 11.2 Å². The van der Waals surface area contributed by atoms with Crippen LogP contribution in [0.25, 0.3) is 0 Å². The minimum absolute atomic E-state index is 0.204. The molecule has 0 saturated carbocycles. The molecule has 1 aromatic rings. The topological polar surface area (TPSA) is 29.5 Å². The molecule has 0 aliphatic heterocycles. The summed E-state index contributed by atoms with van der Waals surface area (Å²) in [7, 11) is 0. The highest BCUT2D eigenvalue weighted by molar-refractivity contribution is 5.30. The Morgan fingerprint density at radius 2 is 1.50 bits per heavy atom. The maximum atomic E-state index is 9.54.